The third kappa shape index (κ3) is 4.13. The van der Waals surface area contributed by atoms with E-state index in [0.717, 1.165) is 16.2 Å². The molecule has 2 aromatic heterocycles. The molecule has 0 bridgehead atoms. The van der Waals surface area contributed by atoms with E-state index in [1.54, 1.807) is 19.1 Å². The van der Waals surface area contributed by atoms with E-state index in [2.05, 4.69) is 20.0 Å². The van der Waals surface area contributed by atoms with Crippen LogP contribution in [0.1, 0.15) is 16.2 Å². The number of aromatic nitrogens is 2. The molecular formula is C24H18N4O4S. The third-order valence-electron chi connectivity index (χ3n) is 5.09. The predicted octanol–water partition coefficient (Wildman–Crippen LogP) is 4.74. The standard InChI is InChI=1S/C24H18N4O4S/c1-15-12-13-25-24(26-15)28-33(30,31)18-9-7-17(8-10-18)27-23(29)22-14-20-19-5-3-2-4-16(19)6-11-21(20)32-22/h2-14H,1H3,(H,27,29)(H,25,26,28). The van der Waals surface area contributed by atoms with Crippen LogP contribution < -0.4 is 10.0 Å². The zero-order valence-corrected chi connectivity index (χ0v) is 18.3. The molecule has 33 heavy (non-hydrogen) atoms. The van der Waals surface area contributed by atoms with Crippen LogP contribution in [0.25, 0.3) is 21.7 Å². The van der Waals surface area contributed by atoms with Crippen LogP contribution >= 0.6 is 0 Å². The quantitative estimate of drug-likeness (QED) is 0.393. The molecule has 0 saturated carbocycles. The monoisotopic (exact) mass is 458 g/mol. The molecule has 164 valence electrons. The Bertz CT molecular complexity index is 1610. The number of rotatable bonds is 5. The highest BCUT2D eigenvalue weighted by atomic mass is 32.2. The molecule has 0 aliphatic carbocycles. The van der Waals surface area contributed by atoms with Crippen LogP contribution in [0.3, 0.4) is 0 Å². The van der Waals surface area contributed by atoms with Crippen LogP contribution in [0.5, 0.6) is 0 Å². The lowest BCUT2D eigenvalue weighted by Gasteiger charge is -2.08. The maximum atomic E-state index is 12.7. The van der Waals surface area contributed by atoms with Gasteiger partial charge in [0, 0.05) is 23.0 Å². The van der Waals surface area contributed by atoms with Crippen molar-refractivity contribution in [3.05, 3.63) is 90.4 Å². The van der Waals surface area contributed by atoms with Gasteiger partial charge in [0.25, 0.3) is 15.9 Å². The molecule has 0 fully saturated rings. The fraction of sp³-hybridized carbons (Fsp3) is 0.0417. The van der Waals surface area contributed by atoms with Crippen LogP contribution in [0.2, 0.25) is 0 Å². The Balaban J connectivity index is 1.35. The second-order valence-electron chi connectivity index (χ2n) is 7.41. The Hall–Kier alpha value is -4.24. The second-order valence-corrected chi connectivity index (χ2v) is 9.10. The number of carbonyl (C=O) groups excluding carboxylic acids is 1. The molecule has 0 unspecified atom stereocenters. The minimum atomic E-state index is -3.87. The number of hydrogen-bond donors (Lipinski definition) is 2. The van der Waals surface area contributed by atoms with Crippen molar-refractivity contribution in [1.82, 2.24) is 9.97 Å². The van der Waals surface area contributed by atoms with Crippen molar-refractivity contribution in [2.45, 2.75) is 11.8 Å². The zero-order chi connectivity index (χ0) is 23.0. The molecule has 9 heteroatoms. The van der Waals surface area contributed by atoms with Crippen molar-refractivity contribution in [2.75, 3.05) is 10.0 Å². The zero-order valence-electron chi connectivity index (χ0n) is 17.4. The van der Waals surface area contributed by atoms with Crippen molar-refractivity contribution in [3.63, 3.8) is 0 Å². The Labute approximate surface area is 189 Å². The molecule has 0 radical (unpaired) electrons. The van der Waals surface area contributed by atoms with Crippen LogP contribution in [0.4, 0.5) is 11.6 Å². The molecule has 5 aromatic rings. The average Bonchev–Trinajstić information content (AvgIpc) is 3.24. The number of fused-ring (bicyclic) bond motifs is 3. The molecule has 0 spiro atoms. The first-order chi connectivity index (χ1) is 15.9. The molecular weight excluding hydrogens is 440 g/mol. The topological polar surface area (TPSA) is 114 Å². The molecule has 2 N–H and O–H groups in total. The van der Waals surface area contributed by atoms with Crippen molar-refractivity contribution >= 4 is 49.3 Å². The first-order valence-electron chi connectivity index (χ1n) is 10.0. The van der Waals surface area contributed by atoms with E-state index in [1.165, 1.54) is 30.5 Å². The van der Waals surface area contributed by atoms with Gasteiger partial charge < -0.3 is 9.73 Å². The minimum Gasteiger partial charge on any atom is -0.451 e. The van der Waals surface area contributed by atoms with Crippen LogP contribution in [-0.4, -0.2) is 24.3 Å². The van der Waals surface area contributed by atoms with Gasteiger partial charge in [-0.2, -0.15) is 0 Å². The molecule has 3 aromatic carbocycles. The molecule has 1 amide bonds. The highest BCUT2D eigenvalue weighted by molar-refractivity contribution is 7.92. The summed E-state index contributed by atoms with van der Waals surface area (Å²) in [4.78, 5) is 20.7. The van der Waals surface area contributed by atoms with Gasteiger partial charge in [0.05, 0.1) is 4.90 Å². The predicted molar refractivity (Wildman–Crippen MR) is 126 cm³/mol. The Kier molecular flexibility index (Phi) is 5.02. The summed E-state index contributed by atoms with van der Waals surface area (Å²) in [6, 6.07) is 20.8. The third-order valence-corrected chi connectivity index (χ3v) is 6.44. The van der Waals surface area contributed by atoms with E-state index < -0.39 is 15.9 Å². The van der Waals surface area contributed by atoms with Gasteiger partial charge in [0.1, 0.15) is 5.58 Å². The number of furan rings is 1. The van der Waals surface area contributed by atoms with Gasteiger partial charge in [0.2, 0.25) is 5.95 Å². The number of sulfonamides is 1. The summed E-state index contributed by atoms with van der Waals surface area (Å²) in [6.45, 7) is 1.74. The number of nitrogens with zero attached hydrogens (tertiary/aromatic N) is 2. The van der Waals surface area contributed by atoms with E-state index in [-0.39, 0.29) is 16.6 Å². The van der Waals surface area contributed by atoms with Gasteiger partial charge in [-0.05, 0) is 60.2 Å². The molecule has 0 atom stereocenters. The number of nitrogens with one attached hydrogen (secondary N) is 2. The van der Waals surface area contributed by atoms with Gasteiger partial charge >= 0.3 is 0 Å². The lowest BCUT2D eigenvalue weighted by Crippen LogP contribution is -2.15. The summed E-state index contributed by atoms with van der Waals surface area (Å²) in [5.41, 5.74) is 1.68. The molecule has 2 heterocycles. The van der Waals surface area contributed by atoms with Gasteiger partial charge in [-0.15, -0.1) is 0 Å². The Morgan fingerprint density at radius 2 is 1.73 bits per heavy atom. The Morgan fingerprint density at radius 3 is 2.52 bits per heavy atom. The van der Waals surface area contributed by atoms with E-state index in [4.69, 9.17) is 4.42 Å². The number of hydrogen-bond acceptors (Lipinski definition) is 6. The van der Waals surface area contributed by atoms with Gasteiger partial charge in [0.15, 0.2) is 5.76 Å². The lowest BCUT2D eigenvalue weighted by atomic mass is 10.1. The van der Waals surface area contributed by atoms with Crippen molar-refractivity contribution in [2.24, 2.45) is 0 Å². The summed E-state index contributed by atoms with van der Waals surface area (Å²) in [6.07, 6.45) is 1.47. The van der Waals surface area contributed by atoms with E-state index >= 15 is 0 Å². The highest BCUT2D eigenvalue weighted by Crippen LogP contribution is 2.28. The molecule has 5 rings (SSSR count). The molecule has 8 nitrogen and oxygen atoms in total. The van der Waals surface area contributed by atoms with Gasteiger partial charge in [-0.1, -0.05) is 30.3 Å². The normalized spacial score (nSPS) is 11.5. The van der Waals surface area contributed by atoms with E-state index in [0.29, 0.717) is 17.0 Å². The van der Waals surface area contributed by atoms with E-state index in [1.807, 2.05) is 36.4 Å². The highest BCUT2D eigenvalue weighted by Gasteiger charge is 2.17. The summed E-state index contributed by atoms with van der Waals surface area (Å²) in [7, 11) is -3.87. The maximum Gasteiger partial charge on any atom is 0.291 e. The summed E-state index contributed by atoms with van der Waals surface area (Å²) in [5, 5.41) is 5.63. The summed E-state index contributed by atoms with van der Waals surface area (Å²) < 4.78 is 33.2. The second kappa shape index (κ2) is 8.03. The largest absolute Gasteiger partial charge is 0.451 e. The van der Waals surface area contributed by atoms with Crippen molar-refractivity contribution in [1.29, 1.82) is 0 Å². The number of amides is 1. The number of benzene rings is 3. The van der Waals surface area contributed by atoms with E-state index in [9.17, 15) is 13.2 Å². The van der Waals surface area contributed by atoms with Crippen LogP contribution in [0.15, 0.2) is 88.3 Å². The SMILES string of the molecule is Cc1ccnc(NS(=O)(=O)c2ccc(NC(=O)c3cc4c(ccc5ccccc54)o3)cc2)n1. The maximum absolute atomic E-state index is 12.7. The Morgan fingerprint density at radius 1 is 0.939 bits per heavy atom. The van der Waals surface area contributed by atoms with Crippen LogP contribution in [0, 0.1) is 6.92 Å². The first kappa shape index (κ1) is 20.7. The number of aryl methyl sites for hydroxylation is 1. The number of anilines is 2. The van der Waals surface area contributed by atoms with Gasteiger partial charge in [-0.3, -0.25) is 4.79 Å². The lowest BCUT2D eigenvalue weighted by molar-refractivity contribution is 0.0998. The smallest absolute Gasteiger partial charge is 0.291 e. The molecule has 0 aliphatic rings. The number of carbonyl (C=O) groups is 1. The minimum absolute atomic E-state index is 0.00945. The average molecular weight is 458 g/mol. The van der Waals surface area contributed by atoms with Gasteiger partial charge in [-0.25, -0.2) is 23.1 Å². The summed E-state index contributed by atoms with van der Waals surface area (Å²) >= 11 is 0. The molecule has 0 aliphatic heterocycles. The van der Waals surface area contributed by atoms with Crippen molar-refractivity contribution in [3.8, 4) is 0 Å². The van der Waals surface area contributed by atoms with Crippen LogP contribution in [-0.2, 0) is 10.0 Å². The molecule has 0 saturated heterocycles. The first-order valence-corrected chi connectivity index (χ1v) is 11.5. The fourth-order valence-electron chi connectivity index (χ4n) is 3.49. The van der Waals surface area contributed by atoms with Crippen molar-refractivity contribution < 1.29 is 17.6 Å². The summed E-state index contributed by atoms with van der Waals surface area (Å²) in [5.74, 6) is -0.279. The fourth-order valence-corrected chi connectivity index (χ4v) is 4.44.